The van der Waals surface area contributed by atoms with Crippen molar-refractivity contribution >= 4 is 27.8 Å². The van der Waals surface area contributed by atoms with E-state index in [0.717, 1.165) is 0 Å². The van der Waals surface area contributed by atoms with E-state index in [1.807, 2.05) is 0 Å². The molecule has 0 N–H and O–H groups in total. The van der Waals surface area contributed by atoms with Gasteiger partial charge in [-0.2, -0.15) is 0 Å². The SMILES string of the molecule is CCOC(=O)CN(C)C(=O)c1cccc(Br)n1. The van der Waals surface area contributed by atoms with Gasteiger partial charge in [0.25, 0.3) is 5.91 Å². The number of hydrogen-bond acceptors (Lipinski definition) is 4. The number of esters is 1. The summed E-state index contributed by atoms with van der Waals surface area (Å²) >= 11 is 3.18. The number of halogens is 1. The van der Waals surface area contributed by atoms with Crippen LogP contribution >= 0.6 is 15.9 Å². The van der Waals surface area contributed by atoms with Gasteiger partial charge < -0.3 is 9.64 Å². The molecule has 0 bridgehead atoms. The Bertz CT molecular complexity index is 423. The van der Waals surface area contributed by atoms with Gasteiger partial charge in [-0.05, 0) is 35.0 Å². The molecule has 92 valence electrons. The topological polar surface area (TPSA) is 59.5 Å². The summed E-state index contributed by atoms with van der Waals surface area (Å²) in [4.78, 5) is 28.4. The van der Waals surface area contributed by atoms with Crippen molar-refractivity contribution < 1.29 is 14.3 Å². The van der Waals surface area contributed by atoms with Crippen LogP contribution in [0.1, 0.15) is 17.4 Å². The van der Waals surface area contributed by atoms with Crippen molar-refractivity contribution in [2.75, 3.05) is 20.2 Å². The summed E-state index contributed by atoms with van der Waals surface area (Å²) in [7, 11) is 1.53. The second-order valence-electron chi connectivity index (χ2n) is 3.31. The Morgan fingerprint density at radius 2 is 2.18 bits per heavy atom. The highest BCUT2D eigenvalue weighted by Gasteiger charge is 2.16. The Morgan fingerprint density at radius 3 is 2.76 bits per heavy atom. The van der Waals surface area contributed by atoms with Gasteiger partial charge >= 0.3 is 5.97 Å². The minimum Gasteiger partial charge on any atom is -0.465 e. The lowest BCUT2D eigenvalue weighted by Gasteiger charge is -2.15. The first-order valence-corrected chi connectivity index (χ1v) is 5.87. The van der Waals surface area contributed by atoms with Crippen LogP contribution in [0.2, 0.25) is 0 Å². The summed E-state index contributed by atoms with van der Waals surface area (Å²) in [6, 6.07) is 5.03. The van der Waals surface area contributed by atoms with Crippen molar-refractivity contribution in [2.24, 2.45) is 0 Å². The molecule has 1 aromatic rings. The summed E-state index contributed by atoms with van der Waals surface area (Å²) in [5.74, 6) is -0.752. The van der Waals surface area contributed by atoms with Gasteiger partial charge in [-0.3, -0.25) is 9.59 Å². The van der Waals surface area contributed by atoms with Crippen molar-refractivity contribution in [1.82, 2.24) is 9.88 Å². The molecule has 0 aromatic carbocycles. The zero-order chi connectivity index (χ0) is 12.8. The first-order chi connectivity index (χ1) is 8.04. The van der Waals surface area contributed by atoms with Crippen LogP contribution in [0, 0.1) is 0 Å². The lowest BCUT2D eigenvalue weighted by atomic mass is 10.3. The molecule has 0 atom stereocenters. The fourth-order valence-electron chi connectivity index (χ4n) is 1.20. The molecular formula is C11H13BrN2O3. The van der Waals surface area contributed by atoms with Gasteiger partial charge in [0.1, 0.15) is 16.8 Å². The molecule has 0 aliphatic heterocycles. The normalized spacial score (nSPS) is 9.82. The third-order valence-electron chi connectivity index (χ3n) is 1.95. The summed E-state index contributed by atoms with van der Waals surface area (Å²) in [5, 5.41) is 0. The van der Waals surface area contributed by atoms with E-state index in [2.05, 4.69) is 20.9 Å². The van der Waals surface area contributed by atoms with E-state index in [9.17, 15) is 9.59 Å². The van der Waals surface area contributed by atoms with Crippen LogP contribution in [-0.2, 0) is 9.53 Å². The number of carbonyl (C=O) groups is 2. The highest BCUT2D eigenvalue weighted by atomic mass is 79.9. The zero-order valence-corrected chi connectivity index (χ0v) is 11.2. The standard InChI is InChI=1S/C11H13BrN2O3/c1-3-17-10(15)7-14(2)11(16)8-5-4-6-9(12)13-8/h4-6H,3,7H2,1-2H3. The predicted octanol–water partition coefficient (Wildman–Crippen LogP) is 1.48. The molecule has 0 aliphatic rings. The molecule has 0 spiro atoms. The Labute approximate surface area is 108 Å². The van der Waals surface area contributed by atoms with Crippen molar-refractivity contribution in [3.05, 3.63) is 28.5 Å². The Balaban J connectivity index is 2.67. The average Bonchev–Trinajstić information content (AvgIpc) is 2.28. The molecule has 0 radical (unpaired) electrons. The number of ether oxygens (including phenoxy) is 1. The summed E-state index contributed by atoms with van der Waals surface area (Å²) in [6.45, 7) is 1.94. The minimum atomic E-state index is -0.432. The van der Waals surface area contributed by atoms with E-state index >= 15 is 0 Å². The largest absolute Gasteiger partial charge is 0.465 e. The number of carbonyl (C=O) groups excluding carboxylic acids is 2. The van der Waals surface area contributed by atoms with Gasteiger partial charge in [-0.25, -0.2) is 4.98 Å². The molecular weight excluding hydrogens is 288 g/mol. The summed E-state index contributed by atoms with van der Waals surface area (Å²) < 4.78 is 5.34. The number of nitrogens with zero attached hydrogens (tertiary/aromatic N) is 2. The van der Waals surface area contributed by atoms with E-state index in [1.165, 1.54) is 11.9 Å². The lowest BCUT2D eigenvalue weighted by Crippen LogP contribution is -2.33. The van der Waals surface area contributed by atoms with E-state index in [4.69, 9.17) is 4.74 Å². The Hall–Kier alpha value is -1.43. The van der Waals surface area contributed by atoms with Gasteiger partial charge in [-0.1, -0.05) is 6.07 Å². The molecule has 0 saturated carbocycles. The van der Waals surface area contributed by atoms with Crippen LogP contribution in [-0.4, -0.2) is 42.0 Å². The third kappa shape index (κ3) is 4.14. The number of aromatic nitrogens is 1. The molecule has 1 heterocycles. The van der Waals surface area contributed by atoms with E-state index in [1.54, 1.807) is 25.1 Å². The maximum Gasteiger partial charge on any atom is 0.325 e. The fraction of sp³-hybridized carbons (Fsp3) is 0.364. The maximum atomic E-state index is 11.9. The van der Waals surface area contributed by atoms with E-state index in [-0.39, 0.29) is 18.1 Å². The highest BCUT2D eigenvalue weighted by molar-refractivity contribution is 9.10. The minimum absolute atomic E-state index is 0.0825. The van der Waals surface area contributed by atoms with Crippen LogP contribution in [0.15, 0.2) is 22.8 Å². The molecule has 0 fully saturated rings. The quantitative estimate of drug-likeness (QED) is 0.624. The lowest BCUT2D eigenvalue weighted by molar-refractivity contribution is -0.143. The van der Waals surface area contributed by atoms with Crippen molar-refractivity contribution in [3.8, 4) is 0 Å². The van der Waals surface area contributed by atoms with Gasteiger partial charge in [0.2, 0.25) is 0 Å². The molecule has 1 rings (SSSR count). The second-order valence-corrected chi connectivity index (χ2v) is 4.12. The maximum absolute atomic E-state index is 11.9. The Kier molecular flexibility index (Phi) is 5.09. The number of pyridine rings is 1. The molecule has 5 nitrogen and oxygen atoms in total. The van der Waals surface area contributed by atoms with E-state index in [0.29, 0.717) is 11.2 Å². The Morgan fingerprint density at radius 1 is 1.47 bits per heavy atom. The first kappa shape index (κ1) is 13.6. The predicted molar refractivity (Wildman–Crippen MR) is 65.5 cm³/mol. The smallest absolute Gasteiger partial charge is 0.325 e. The molecule has 0 saturated heterocycles. The van der Waals surface area contributed by atoms with Gasteiger partial charge in [0.15, 0.2) is 0 Å². The van der Waals surface area contributed by atoms with Crippen LogP contribution in [0.3, 0.4) is 0 Å². The van der Waals surface area contributed by atoms with E-state index < -0.39 is 5.97 Å². The van der Waals surface area contributed by atoms with Crippen molar-refractivity contribution in [3.63, 3.8) is 0 Å². The van der Waals surface area contributed by atoms with Crippen LogP contribution in [0.4, 0.5) is 0 Å². The zero-order valence-electron chi connectivity index (χ0n) is 9.64. The number of hydrogen-bond donors (Lipinski definition) is 0. The number of likely N-dealkylation sites (N-methyl/N-ethyl adjacent to an activating group) is 1. The molecule has 1 amide bonds. The van der Waals surface area contributed by atoms with Crippen LogP contribution in [0.5, 0.6) is 0 Å². The van der Waals surface area contributed by atoms with Crippen LogP contribution in [0.25, 0.3) is 0 Å². The fourth-order valence-corrected chi connectivity index (χ4v) is 1.54. The molecule has 6 heteroatoms. The molecule has 0 aliphatic carbocycles. The van der Waals surface area contributed by atoms with Crippen molar-refractivity contribution in [2.45, 2.75) is 6.92 Å². The number of amides is 1. The first-order valence-electron chi connectivity index (χ1n) is 5.08. The summed E-state index contributed by atoms with van der Waals surface area (Å²) in [6.07, 6.45) is 0. The third-order valence-corrected chi connectivity index (χ3v) is 2.39. The molecule has 17 heavy (non-hydrogen) atoms. The second kappa shape index (κ2) is 6.34. The number of rotatable bonds is 4. The highest BCUT2D eigenvalue weighted by Crippen LogP contribution is 2.08. The van der Waals surface area contributed by atoms with Gasteiger partial charge in [0, 0.05) is 7.05 Å². The molecule has 1 aromatic heterocycles. The summed E-state index contributed by atoms with van der Waals surface area (Å²) in [5.41, 5.74) is 0.283. The monoisotopic (exact) mass is 300 g/mol. The van der Waals surface area contributed by atoms with Gasteiger partial charge in [-0.15, -0.1) is 0 Å². The van der Waals surface area contributed by atoms with Crippen LogP contribution < -0.4 is 0 Å². The average molecular weight is 301 g/mol. The van der Waals surface area contributed by atoms with Gasteiger partial charge in [0.05, 0.1) is 6.61 Å². The van der Waals surface area contributed by atoms with Crippen molar-refractivity contribution in [1.29, 1.82) is 0 Å². The molecule has 0 unspecified atom stereocenters.